The molecule has 18 heavy (non-hydrogen) atoms. The van der Waals surface area contributed by atoms with Gasteiger partial charge in [0.1, 0.15) is 0 Å². The fourth-order valence-electron chi connectivity index (χ4n) is 0. The Labute approximate surface area is 127 Å². The van der Waals surface area contributed by atoms with Crippen LogP contribution in [0.25, 0.3) is 0 Å². The first-order valence-electron chi connectivity index (χ1n) is 7.37. The third-order valence-corrected chi connectivity index (χ3v) is 0.816. The van der Waals surface area contributed by atoms with Gasteiger partial charge < -0.3 is 0 Å². The molecule has 0 bridgehead atoms. The van der Waals surface area contributed by atoms with Gasteiger partial charge in [-0.25, -0.2) is 0 Å². The van der Waals surface area contributed by atoms with Gasteiger partial charge in [0.15, 0.2) is 0 Å². The summed E-state index contributed by atoms with van der Waals surface area (Å²) in [6.45, 7) is 16.3. The Kier molecular flexibility index (Phi) is 243. The summed E-state index contributed by atoms with van der Waals surface area (Å²) in [7, 11) is 0. The van der Waals surface area contributed by atoms with Gasteiger partial charge in [-0.05, 0) is 0 Å². The van der Waals surface area contributed by atoms with Gasteiger partial charge in [-0.3, -0.25) is 0 Å². The highest BCUT2D eigenvalue weighted by Gasteiger charge is 1.56. The number of hydrogen-bond donors (Lipinski definition) is 0. The highest BCUT2D eigenvalue weighted by molar-refractivity contribution is 4.13. The Morgan fingerprint density at radius 3 is 0.556 bits per heavy atom. The van der Waals surface area contributed by atoms with Crippen molar-refractivity contribution >= 4 is 0 Å². The third kappa shape index (κ3) is 900. The highest BCUT2D eigenvalue weighted by Crippen LogP contribution is 1.77. The van der Waals surface area contributed by atoms with Gasteiger partial charge in [0, 0.05) is 2.74 Å². The van der Waals surface area contributed by atoms with Crippen molar-refractivity contribution < 1.29 is 2.74 Å². The van der Waals surface area contributed by atoms with E-state index >= 15 is 0 Å². The molecule has 0 fully saturated rings. The van der Waals surface area contributed by atoms with Crippen LogP contribution >= 0.6 is 0 Å². The van der Waals surface area contributed by atoms with Gasteiger partial charge >= 0.3 is 0 Å². The van der Waals surface area contributed by atoms with Crippen LogP contribution in [0.5, 0.6) is 0 Å². The lowest BCUT2D eigenvalue weighted by Crippen LogP contribution is -1.47. The van der Waals surface area contributed by atoms with E-state index in [4.69, 9.17) is 2.74 Å². The molecular weight excluding hydrogens is 216 g/mol. The quantitative estimate of drug-likeness (QED) is 0.470. The summed E-state index contributed by atoms with van der Waals surface area (Å²) in [5.41, 5.74) is 0. The predicted molar refractivity (Wildman–Crippen MR) is 100 cm³/mol. The Hall–Kier alpha value is 0. The molecule has 0 N–H and O–H groups in total. The Balaban J connectivity index is -0.0000000154. The van der Waals surface area contributed by atoms with Crippen LogP contribution in [0.3, 0.4) is 0 Å². The molecule has 0 spiro atoms. The summed E-state index contributed by atoms with van der Waals surface area (Å²) in [4.78, 5) is 0. The van der Waals surface area contributed by atoms with E-state index in [-0.39, 0.29) is 42.5 Å². The number of rotatable bonds is 2. The summed E-state index contributed by atoms with van der Waals surface area (Å²) >= 11 is 0. The lowest BCUT2D eigenvalue weighted by molar-refractivity contribution is 0.886. The molecule has 0 aromatic carbocycles. The van der Waals surface area contributed by atoms with Crippen molar-refractivity contribution in [2.75, 3.05) is 0 Å². The first-order chi connectivity index (χ1) is 7.37. The molecule has 0 rings (SSSR count). The summed E-state index contributed by atoms with van der Waals surface area (Å²) in [6.07, 6.45) is 4.71. The zero-order valence-corrected chi connectivity index (χ0v) is 12.0. The maximum absolute atomic E-state index is 6.83. The Morgan fingerprint density at radius 1 is 0.500 bits per heavy atom. The summed E-state index contributed by atoms with van der Waals surface area (Å²) in [5, 5.41) is 0. The second kappa shape index (κ2) is 121. The van der Waals surface area contributed by atoms with E-state index in [9.17, 15) is 0 Å². The van der Waals surface area contributed by atoms with Crippen LogP contribution in [-0.2, 0) is 0 Å². The van der Waals surface area contributed by atoms with Crippen molar-refractivity contribution in [2.45, 2.75) is 124 Å². The van der Waals surface area contributed by atoms with Gasteiger partial charge in [0.2, 0.25) is 0 Å². The topological polar surface area (TPSA) is 0 Å². The van der Waals surface area contributed by atoms with Crippen LogP contribution < -0.4 is 0 Å². The molecule has 0 nitrogen and oxygen atoms in total. The fraction of sp³-hybridized carbons (Fsp3) is 1.00. The predicted octanol–water partition coefficient (Wildman–Crippen LogP) is 8.99. The first-order valence-corrected chi connectivity index (χ1v) is 6.21. The van der Waals surface area contributed by atoms with Gasteiger partial charge in [0.25, 0.3) is 0 Å². The van der Waals surface area contributed by atoms with E-state index in [1.54, 1.807) is 0 Å². The highest BCUT2D eigenvalue weighted by atomic mass is 13.6. The SMILES string of the molecule is C.C.C.C.CCC.CCC.[3H]C(C)CC.[3H]C(C)CC. The molecule has 0 saturated carbocycles. The largest absolute Gasteiger partial charge is 0.0776 e. The molecule has 0 aliphatic rings. The minimum atomic E-state index is 0. The van der Waals surface area contributed by atoms with Crippen molar-refractivity contribution in [3.63, 3.8) is 0 Å². The van der Waals surface area contributed by atoms with Crippen LogP contribution in [0.4, 0.5) is 0 Å². The molecule has 0 heteroatoms. The van der Waals surface area contributed by atoms with E-state index in [0.29, 0.717) is 0 Å². The van der Waals surface area contributed by atoms with Crippen molar-refractivity contribution in [2.24, 2.45) is 0 Å². The molecular formula is C18H52. The maximum atomic E-state index is 6.83. The standard InChI is InChI=1S/2C4H10.2C3H8.4CH4/c2*1-3-4-2;2*1-3-2;;;;/h2*3-4H2,1-2H3;2*3H2,1-2H3;4*1H4/i2*3T;;;;;;. The summed E-state index contributed by atoms with van der Waals surface area (Å²) in [6, 6.07) is 0. The van der Waals surface area contributed by atoms with Gasteiger partial charge in [-0.1, -0.05) is 124 Å². The normalized spacial score (nSPS) is 10.4. The van der Waals surface area contributed by atoms with Crippen LogP contribution in [0, 0.1) is 0 Å². The van der Waals surface area contributed by atoms with Crippen LogP contribution in [0.2, 0.25) is 0 Å². The van der Waals surface area contributed by atoms with Crippen molar-refractivity contribution in [3.8, 4) is 0 Å². The molecule has 0 heterocycles. The lowest BCUT2D eigenvalue weighted by Gasteiger charge is -1.68. The smallest absolute Gasteiger partial charge is 0.0264 e. The van der Waals surface area contributed by atoms with E-state index in [0.717, 1.165) is 12.8 Å². The minimum Gasteiger partial charge on any atom is -0.0776 e. The molecule has 0 aliphatic heterocycles. The summed E-state index contributed by atoms with van der Waals surface area (Å²) < 4.78 is 13.7. The molecule has 0 amide bonds. The molecule has 0 radical (unpaired) electrons. The lowest BCUT2D eigenvalue weighted by atomic mass is 10.4. The van der Waals surface area contributed by atoms with Crippen molar-refractivity contribution in [1.29, 1.82) is 0 Å². The monoisotopic (exact) mass is 272 g/mol. The van der Waals surface area contributed by atoms with Crippen LogP contribution in [0.15, 0.2) is 0 Å². The zero-order chi connectivity index (χ0) is 14.0. The molecule has 0 aromatic rings. The summed E-state index contributed by atoms with van der Waals surface area (Å²) in [5.74, 6) is 0. The zero-order valence-electron chi connectivity index (χ0n) is 14.0. The molecule has 0 saturated heterocycles. The average Bonchev–Trinajstić information content (AvgIpc) is 2.21. The van der Waals surface area contributed by atoms with E-state index < -0.39 is 0 Å². The van der Waals surface area contributed by atoms with E-state index in [1.165, 1.54) is 12.8 Å². The van der Waals surface area contributed by atoms with Crippen LogP contribution in [0.1, 0.15) is 126 Å². The molecule has 124 valence electrons. The average molecular weight is 273 g/mol. The van der Waals surface area contributed by atoms with E-state index in [2.05, 4.69) is 27.7 Å². The molecule has 2 unspecified atom stereocenters. The molecule has 2 atom stereocenters. The second-order valence-electron chi connectivity index (χ2n) is 3.05. The Morgan fingerprint density at radius 2 is 0.556 bits per heavy atom. The molecule has 0 aliphatic carbocycles. The number of hydrogen-bond acceptors (Lipinski definition) is 0. The Bertz CT molecular complexity index is 61.8. The van der Waals surface area contributed by atoms with Gasteiger partial charge in [0.05, 0.1) is 0 Å². The maximum Gasteiger partial charge on any atom is 0.0264 e. The van der Waals surface area contributed by atoms with Crippen LogP contribution in [-0.4, -0.2) is 0 Å². The van der Waals surface area contributed by atoms with Crippen molar-refractivity contribution in [1.82, 2.24) is 0 Å². The van der Waals surface area contributed by atoms with Gasteiger partial charge in [-0.2, -0.15) is 0 Å². The van der Waals surface area contributed by atoms with Gasteiger partial charge in [-0.15, -0.1) is 0 Å². The minimum absolute atomic E-state index is 0. The molecule has 0 aromatic heterocycles. The fourth-order valence-corrected chi connectivity index (χ4v) is 0. The third-order valence-electron chi connectivity index (χ3n) is 0.816. The van der Waals surface area contributed by atoms with Crippen molar-refractivity contribution in [3.05, 3.63) is 0 Å². The second-order valence-corrected chi connectivity index (χ2v) is 3.05. The van der Waals surface area contributed by atoms with E-state index in [1.807, 2.05) is 27.7 Å². The first kappa shape index (κ1) is 36.1.